The van der Waals surface area contributed by atoms with Crippen molar-refractivity contribution in [3.8, 4) is 6.07 Å². The number of alkyl carbamates (subject to hydrolysis) is 1. The van der Waals surface area contributed by atoms with Gasteiger partial charge in [0.2, 0.25) is 11.8 Å². The molecule has 0 saturated heterocycles. The maximum atomic E-state index is 13.9. The van der Waals surface area contributed by atoms with E-state index < -0.39 is 48.0 Å². The average Bonchev–Trinajstić information content (AvgIpc) is 2.83. The van der Waals surface area contributed by atoms with E-state index in [9.17, 15) is 24.4 Å². The molecule has 2 rings (SSSR count). The van der Waals surface area contributed by atoms with Crippen LogP contribution in [0.15, 0.2) is 42.5 Å². The Labute approximate surface area is 229 Å². The minimum absolute atomic E-state index is 0.144. The number of aryl methyl sites for hydroxylation is 3. The summed E-state index contributed by atoms with van der Waals surface area (Å²) in [6.07, 6.45) is -1.24. The molecule has 0 aliphatic heterocycles. The summed E-state index contributed by atoms with van der Waals surface area (Å²) >= 11 is 0. The van der Waals surface area contributed by atoms with Crippen LogP contribution in [-0.4, -0.2) is 46.9 Å². The zero-order valence-corrected chi connectivity index (χ0v) is 23.3. The molecule has 4 N–H and O–H groups in total. The number of amides is 4. The number of ether oxygens (including phenoxy) is 1. The number of nitrogens with zero attached hydrogens (tertiary/aromatic N) is 2. The number of hydrogen-bond acceptors (Lipinski definition) is 6. The Morgan fingerprint density at radius 2 is 1.69 bits per heavy atom. The molecule has 2 aromatic rings. The molecule has 2 atom stereocenters. The Morgan fingerprint density at radius 3 is 2.26 bits per heavy atom. The Hall–Kier alpha value is -4.39. The molecule has 39 heavy (non-hydrogen) atoms. The van der Waals surface area contributed by atoms with E-state index >= 15 is 0 Å². The van der Waals surface area contributed by atoms with E-state index in [1.807, 2.05) is 45.0 Å². The molecule has 2 unspecified atom stereocenters. The zero-order chi connectivity index (χ0) is 29.3. The lowest BCUT2D eigenvalue weighted by atomic mass is 9.97. The van der Waals surface area contributed by atoms with Crippen LogP contribution in [0.2, 0.25) is 0 Å². The fourth-order valence-corrected chi connectivity index (χ4v) is 3.89. The number of rotatable bonds is 10. The number of nitrogens with two attached hydrogens (primary N) is 1. The van der Waals surface area contributed by atoms with Gasteiger partial charge in [0.25, 0.3) is 5.91 Å². The number of primary amides is 1. The number of para-hydroxylation sites is 1. The number of nitriles is 1. The summed E-state index contributed by atoms with van der Waals surface area (Å²) in [5.41, 5.74) is 8.20. The van der Waals surface area contributed by atoms with Gasteiger partial charge in [0.05, 0.1) is 6.07 Å². The smallest absolute Gasteiger partial charge is 0.408 e. The third-order valence-electron chi connectivity index (χ3n) is 6.00. The van der Waals surface area contributed by atoms with Crippen LogP contribution in [0.5, 0.6) is 0 Å². The number of carbonyl (C=O) groups is 4. The summed E-state index contributed by atoms with van der Waals surface area (Å²) in [4.78, 5) is 52.9. The van der Waals surface area contributed by atoms with Crippen molar-refractivity contribution in [2.45, 2.75) is 72.1 Å². The molecule has 0 bridgehead atoms. The van der Waals surface area contributed by atoms with Crippen LogP contribution < -0.4 is 16.4 Å². The van der Waals surface area contributed by atoms with Gasteiger partial charge in [-0.3, -0.25) is 14.4 Å². The van der Waals surface area contributed by atoms with E-state index in [1.165, 1.54) is 0 Å². The Bertz CT molecular complexity index is 1260. The van der Waals surface area contributed by atoms with E-state index in [4.69, 9.17) is 10.5 Å². The van der Waals surface area contributed by atoms with Gasteiger partial charge < -0.3 is 26.0 Å². The topological polar surface area (TPSA) is 155 Å². The molecule has 0 radical (unpaired) electrons. The van der Waals surface area contributed by atoms with Crippen molar-refractivity contribution in [3.63, 3.8) is 0 Å². The standard InChI is InChI=1S/C29H37N5O5/c1-18-11-12-21(17-20(18)3)25(26(36)32-22-10-8-7-9-19(22)2)34(16-15-30)27(37)23(13-14-24(31)35)33-28(38)39-29(4,5)6/h7-12,17,23,25H,13-14,16H2,1-6H3,(H2,31,35)(H,32,36)(H,33,38). The minimum atomic E-state index is -1.28. The summed E-state index contributed by atoms with van der Waals surface area (Å²) in [6, 6.07) is 12.0. The van der Waals surface area contributed by atoms with Crippen molar-refractivity contribution < 1.29 is 23.9 Å². The lowest BCUT2D eigenvalue weighted by molar-refractivity contribution is -0.140. The molecule has 0 spiro atoms. The third kappa shape index (κ3) is 9.14. The molecular weight excluding hydrogens is 498 g/mol. The summed E-state index contributed by atoms with van der Waals surface area (Å²) < 4.78 is 5.30. The van der Waals surface area contributed by atoms with Gasteiger partial charge in [-0.1, -0.05) is 36.4 Å². The van der Waals surface area contributed by atoms with Crippen molar-refractivity contribution in [2.75, 3.05) is 11.9 Å². The molecule has 0 fully saturated rings. The summed E-state index contributed by atoms with van der Waals surface area (Å²) in [5, 5.41) is 15.0. The average molecular weight is 536 g/mol. The van der Waals surface area contributed by atoms with Crippen LogP contribution in [0, 0.1) is 32.1 Å². The van der Waals surface area contributed by atoms with Crippen LogP contribution in [0.25, 0.3) is 0 Å². The second-order valence-electron chi connectivity index (χ2n) is 10.4. The molecule has 208 valence electrons. The highest BCUT2D eigenvalue weighted by Crippen LogP contribution is 2.27. The van der Waals surface area contributed by atoms with Gasteiger partial charge in [-0.05, 0) is 76.3 Å². The summed E-state index contributed by atoms with van der Waals surface area (Å²) in [5.74, 6) is -1.94. The highest BCUT2D eigenvalue weighted by Gasteiger charge is 2.36. The second-order valence-corrected chi connectivity index (χ2v) is 10.4. The first-order valence-electron chi connectivity index (χ1n) is 12.6. The summed E-state index contributed by atoms with van der Waals surface area (Å²) in [7, 11) is 0. The van der Waals surface area contributed by atoms with E-state index in [0.717, 1.165) is 21.6 Å². The first kappa shape index (κ1) is 30.8. The fraction of sp³-hybridized carbons (Fsp3) is 0.414. The Balaban J connectivity index is 2.56. The molecule has 4 amide bonds. The van der Waals surface area contributed by atoms with Crippen LogP contribution in [0.1, 0.15) is 61.9 Å². The largest absolute Gasteiger partial charge is 0.444 e. The second kappa shape index (κ2) is 13.4. The number of nitrogens with one attached hydrogen (secondary N) is 2. The van der Waals surface area contributed by atoms with Crippen LogP contribution >= 0.6 is 0 Å². The number of benzene rings is 2. The van der Waals surface area contributed by atoms with E-state index in [0.29, 0.717) is 11.3 Å². The first-order valence-corrected chi connectivity index (χ1v) is 12.6. The fourth-order valence-electron chi connectivity index (χ4n) is 3.89. The number of hydrogen-bond donors (Lipinski definition) is 3. The zero-order valence-electron chi connectivity index (χ0n) is 23.3. The van der Waals surface area contributed by atoms with Crippen molar-refractivity contribution in [1.82, 2.24) is 10.2 Å². The van der Waals surface area contributed by atoms with Gasteiger partial charge in [-0.2, -0.15) is 5.26 Å². The van der Waals surface area contributed by atoms with Gasteiger partial charge in [-0.25, -0.2) is 4.79 Å². The Kier molecular flexibility index (Phi) is 10.6. The third-order valence-corrected chi connectivity index (χ3v) is 6.00. The quantitative estimate of drug-likeness (QED) is 0.393. The molecule has 10 heteroatoms. The van der Waals surface area contributed by atoms with E-state index in [1.54, 1.807) is 45.0 Å². The molecule has 2 aromatic carbocycles. The predicted octanol–water partition coefficient (Wildman–Crippen LogP) is 3.80. The van der Waals surface area contributed by atoms with E-state index in [2.05, 4.69) is 10.6 Å². The van der Waals surface area contributed by atoms with Gasteiger partial charge >= 0.3 is 6.09 Å². The maximum absolute atomic E-state index is 13.9. The maximum Gasteiger partial charge on any atom is 0.408 e. The number of carbonyl (C=O) groups excluding carboxylic acids is 4. The first-order chi connectivity index (χ1) is 18.2. The van der Waals surface area contributed by atoms with Crippen molar-refractivity contribution >= 4 is 29.5 Å². The normalized spacial score (nSPS) is 12.4. The van der Waals surface area contributed by atoms with Crippen molar-refractivity contribution in [1.29, 1.82) is 5.26 Å². The molecule has 0 aliphatic carbocycles. The van der Waals surface area contributed by atoms with Crippen LogP contribution in [0.3, 0.4) is 0 Å². The lowest BCUT2D eigenvalue weighted by Crippen LogP contribution is -2.52. The number of anilines is 1. The minimum Gasteiger partial charge on any atom is -0.444 e. The monoisotopic (exact) mass is 535 g/mol. The van der Waals surface area contributed by atoms with Crippen LogP contribution in [0.4, 0.5) is 10.5 Å². The predicted molar refractivity (Wildman–Crippen MR) is 147 cm³/mol. The lowest BCUT2D eigenvalue weighted by Gasteiger charge is -2.33. The van der Waals surface area contributed by atoms with Crippen LogP contribution in [-0.2, 0) is 19.1 Å². The Morgan fingerprint density at radius 1 is 1.03 bits per heavy atom. The molecule has 10 nitrogen and oxygen atoms in total. The molecule has 0 saturated carbocycles. The molecular formula is C29H37N5O5. The SMILES string of the molecule is Cc1ccc(C(C(=O)Nc2ccccc2C)N(CC#N)C(=O)C(CCC(N)=O)NC(=O)OC(C)(C)C)cc1C. The van der Waals surface area contributed by atoms with Gasteiger partial charge in [-0.15, -0.1) is 0 Å². The van der Waals surface area contributed by atoms with Crippen molar-refractivity contribution in [3.05, 3.63) is 64.7 Å². The highest BCUT2D eigenvalue weighted by atomic mass is 16.6. The molecule has 0 aliphatic rings. The molecule has 0 heterocycles. The highest BCUT2D eigenvalue weighted by molar-refractivity contribution is 5.99. The summed E-state index contributed by atoms with van der Waals surface area (Å²) in [6.45, 7) is 10.2. The van der Waals surface area contributed by atoms with E-state index in [-0.39, 0.29) is 12.8 Å². The van der Waals surface area contributed by atoms with Crippen molar-refractivity contribution in [2.24, 2.45) is 5.73 Å². The van der Waals surface area contributed by atoms with Gasteiger partial charge in [0.15, 0.2) is 0 Å². The van der Waals surface area contributed by atoms with Gasteiger partial charge in [0.1, 0.15) is 24.2 Å². The molecule has 0 aromatic heterocycles. The van der Waals surface area contributed by atoms with Gasteiger partial charge in [0, 0.05) is 12.1 Å².